The van der Waals surface area contributed by atoms with Crippen LogP contribution in [-0.2, 0) is 0 Å². The zero-order chi connectivity index (χ0) is 13.5. The van der Waals surface area contributed by atoms with Crippen molar-refractivity contribution < 1.29 is 4.74 Å². The highest BCUT2D eigenvalue weighted by Gasteiger charge is 2.12. The maximum atomic E-state index is 9.19. The summed E-state index contributed by atoms with van der Waals surface area (Å²) in [4.78, 5) is 0. The van der Waals surface area contributed by atoms with Gasteiger partial charge < -0.3 is 4.74 Å². The number of benzene rings is 1. The van der Waals surface area contributed by atoms with E-state index in [0.717, 1.165) is 17.7 Å². The molecule has 1 aromatic rings. The number of rotatable bonds is 6. The van der Waals surface area contributed by atoms with Crippen LogP contribution in [0.3, 0.4) is 0 Å². The Hall–Kier alpha value is -1.53. The van der Waals surface area contributed by atoms with E-state index < -0.39 is 0 Å². The fourth-order valence-corrected chi connectivity index (χ4v) is 1.62. The highest BCUT2D eigenvalue weighted by Crippen LogP contribution is 2.19. The summed E-state index contributed by atoms with van der Waals surface area (Å²) in [5, 5.41) is 12.5. The van der Waals surface area contributed by atoms with Crippen molar-refractivity contribution in [3.05, 3.63) is 29.8 Å². The van der Waals surface area contributed by atoms with Crippen LogP contribution in [0.4, 0.5) is 0 Å². The average molecular weight is 246 g/mol. The van der Waals surface area contributed by atoms with Gasteiger partial charge in [0.15, 0.2) is 0 Å². The van der Waals surface area contributed by atoms with E-state index in [1.807, 2.05) is 38.1 Å². The zero-order valence-corrected chi connectivity index (χ0v) is 11.6. The molecule has 18 heavy (non-hydrogen) atoms. The van der Waals surface area contributed by atoms with Gasteiger partial charge >= 0.3 is 0 Å². The van der Waals surface area contributed by atoms with Gasteiger partial charge in [0.2, 0.25) is 0 Å². The predicted molar refractivity (Wildman–Crippen MR) is 73.4 cm³/mol. The fraction of sp³-hybridized carbons (Fsp3) is 0.533. The molecule has 0 amide bonds. The molecule has 0 aliphatic carbocycles. The molecular weight excluding hydrogens is 224 g/mol. The first-order valence-electron chi connectivity index (χ1n) is 6.49. The van der Waals surface area contributed by atoms with Gasteiger partial charge in [-0.3, -0.25) is 5.32 Å². The van der Waals surface area contributed by atoms with Crippen LogP contribution < -0.4 is 10.1 Å². The number of hydrogen-bond acceptors (Lipinski definition) is 3. The Bertz CT molecular complexity index is 392. The van der Waals surface area contributed by atoms with Gasteiger partial charge in [-0.25, -0.2) is 0 Å². The summed E-state index contributed by atoms with van der Waals surface area (Å²) in [5.41, 5.74) is 0.980. The average Bonchev–Trinajstić information content (AvgIpc) is 2.36. The molecule has 3 nitrogen and oxygen atoms in total. The van der Waals surface area contributed by atoms with Crippen molar-refractivity contribution in [2.45, 2.75) is 52.3 Å². The normalized spacial score (nSPS) is 14.0. The zero-order valence-electron chi connectivity index (χ0n) is 11.6. The van der Waals surface area contributed by atoms with Gasteiger partial charge in [-0.1, -0.05) is 19.1 Å². The second kappa shape index (κ2) is 7.03. The summed E-state index contributed by atoms with van der Waals surface area (Å²) in [6, 6.07) is 10.1. The molecule has 3 heteroatoms. The van der Waals surface area contributed by atoms with Crippen molar-refractivity contribution in [2.24, 2.45) is 0 Å². The number of ether oxygens (including phenoxy) is 1. The molecule has 2 atom stereocenters. The lowest BCUT2D eigenvalue weighted by atomic mass is 10.1. The first kappa shape index (κ1) is 14.5. The van der Waals surface area contributed by atoms with Crippen molar-refractivity contribution in [3.8, 4) is 11.8 Å². The quantitative estimate of drug-likeness (QED) is 0.836. The SMILES string of the molecule is CCC(C)NC(C#N)c1ccc(OC(C)C)cc1. The molecule has 0 spiro atoms. The Balaban J connectivity index is 2.73. The molecule has 2 unspecified atom stereocenters. The van der Waals surface area contributed by atoms with Crippen LogP contribution in [0.15, 0.2) is 24.3 Å². The number of nitriles is 1. The molecule has 0 radical (unpaired) electrons. The highest BCUT2D eigenvalue weighted by atomic mass is 16.5. The molecule has 0 aliphatic rings. The summed E-state index contributed by atoms with van der Waals surface area (Å²) in [7, 11) is 0. The first-order valence-corrected chi connectivity index (χ1v) is 6.49. The Labute approximate surface area is 110 Å². The Morgan fingerprint density at radius 3 is 2.28 bits per heavy atom. The second-order valence-corrected chi connectivity index (χ2v) is 4.77. The number of hydrogen-bond donors (Lipinski definition) is 1. The summed E-state index contributed by atoms with van der Waals surface area (Å²) in [6.45, 7) is 8.18. The van der Waals surface area contributed by atoms with E-state index in [0.29, 0.717) is 6.04 Å². The third kappa shape index (κ3) is 4.38. The summed E-state index contributed by atoms with van der Waals surface area (Å²) < 4.78 is 5.58. The van der Waals surface area contributed by atoms with Crippen LogP contribution in [-0.4, -0.2) is 12.1 Å². The molecule has 0 heterocycles. The van der Waals surface area contributed by atoms with Gasteiger partial charge in [0, 0.05) is 6.04 Å². The molecule has 0 bridgehead atoms. The minimum Gasteiger partial charge on any atom is -0.491 e. The molecule has 1 rings (SSSR count). The lowest BCUT2D eigenvalue weighted by Gasteiger charge is -2.17. The Kier molecular flexibility index (Phi) is 5.67. The minimum atomic E-state index is -0.256. The van der Waals surface area contributed by atoms with E-state index in [-0.39, 0.29) is 12.1 Å². The monoisotopic (exact) mass is 246 g/mol. The third-order valence-corrected chi connectivity index (χ3v) is 2.78. The highest BCUT2D eigenvalue weighted by molar-refractivity contribution is 5.31. The topological polar surface area (TPSA) is 45.0 Å². The third-order valence-electron chi connectivity index (χ3n) is 2.78. The maximum Gasteiger partial charge on any atom is 0.121 e. The van der Waals surface area contributed by atoms with Crippen LogP contribution in [0.25, 0.3) is 0 Å². The van der Waals surface area contributed by atoms with Gasteiger partial charge in [0.05, 0.1) is 12.2 Å². The minimum absolute atomic E-state index is 0.167. The van der Waals surface area contributed by atoms with Crippen molar-refractivity contribution in [3.63, 3.8) is 0 Å². The van der Waals surface area contributed by atoms with Crippen LogP contribution in [0.2, 0.25) is 0 Å². The van der Waals surface area contributed by atoms with E-state index in [1.54, 1.807) is 0 Å². The smallest absolute Gasteiger partial charge is 0.121 e. The second-order valence-electron chi connectivity index (χ2n) is 4.77. The van der Waals surface area contributed by atoms with Gasteiger partial charge in [-0.2, -0.15) is 5.26 Å². The molecule has 0 fully saturated rings. The lowest BCUT2D eigenvalue weighted by Crippen LogP contribution is -2.29. The molecule has 0 aromatic heterocycles. The van der Waals surface area contributed by atoms with Crippen LogP contribution in [0, 0.1) is 11.3 Å². The van der Waals surface area contributed by atoms with Gasteiger partial charge in [-0.15, -0.1) is 0 Å². The number of nitrogens with zero attached hydrogens (tertiary/aromatic N) is 1. The van der Waals surface area contributed by atoms with Crippen molar-refractivity contribution in [1.29, 1.82) is 5.26 Å². The van der Waals surface area contributed by atoms with E-state index in [2.05, 4.69) is 25.2 Å². The van der Waals surface area contributed by atoms with E-state index >= 15 is 0 Å². The summed E-state index contributed by atoms with van der Waals surface area (Å²) >= 11 is 0. The molecule has 1 aromatic carbocycles. The van der Waals surface area contributed by atoms with Crippen molar-refractivity contribution in [1.82, 2.24) is 5.32 Å². The molecule has 0 saturated carbocycles. The Morgan fingerprint density at radius 2 is 1.83 bits per heavy atom. The van der Waals surface area contributed by atoms with Crippen LogP contribution >= 0.6 is 0 Å². The van der Waals surface area contributed by atoms with E-state index in [9.17, 15) is 5.26 Å². The van der Waals surface area contributed by atoms with Gasteiger partial charge in [0.25, 0.3) is 0 Å². The number of nitrogens with one attached hydrogen (secondary N) is 1. The molecule has 0 aliphatic heterocycles. The molecule has 1 N–H and O–H groups in total. The summed E-state index contributed by atoms with van der Waals surface area (Å²) in [6.07, 6.45) is 1.17. The largest absolute Gasteiger partial charge is 0.491 e. The van der Waals surface area contributed by atoms with Crippen molar-refractivity contribution in [2.75, 3.05) is 0 Å². The maximum absolute atomic E-state index is 9.19. The van der Waals surface area contributed by atoms with Crippen molar-refractivity contribution >= 4 is 0 Å². The first-order chi connectivity index (χ1) is 8.56. The molecular formula is C15H22N2O. The van der Waals surface area contributed by atoms with Gasteiger partial charge in [0.1, 0.15) is 11.8 Å². The standard InChI is InChI=1S/C15H22N2O/c1-5-12(4)17-15(10-16)13-6-8-14(9-7-13)18-11(2)3/h6-9,11-12,15,17H,5H2,1-4H3. The lowest BCUT2D eigenvalue weighted by molar-refractivity contribution is 0.242. The van der Waals surface area contributed by atoms with E-state index in [4.69, 9.17) is 4.74 Å². The van der Waals surface area contributed by atoms with Crippen LogP contribution in [0.5, 0.6) is 5.75 Å². The fourth-order valence-electron chi connectivity index (χ4n) is 1.62. The summed E-state index contributed by atoms with van der Waals surface area (Å²) in [5.74, 6) is 0.842. The molecule has 98 valence electrons. The van der Waals surface area contributed by atoms with E-state index in [1.165, 1.54) is 0 Å². The van der Waals surface area contributed by atoms with Gasteiger partial charge in [-0.05, 0) is 44.9 Å². The molecule has 0 saturated heterocycles. The Morgan fingerprint density at radius 1 is 1.22 bits per heavy atom. The predicted octanol–water partition coefficient (Wildman–Crippen LogP) is 3.43. The van der Waals surface area contributed by atoms with Crippen LogP contribution in [0.1, 0.15) is 45.7 Å².